The molecule has 0 aliphatic carbocycles. The van der Waals surface area contributed by atoms with E-state index in [0.29, 0.717) is 6.61 Å². The van der Waals surface area contributed by atoms with Crippen molar-refractivity contribution in [3.63, 3.8) is 0 Å². The first kappa shape index (κ1) is 22.4. The van der Waals surface area contributed by atoms with Gasteiger partial charge in [-0.05, 0) is 11.1 Å². The van der Waals surface area contributed by atoms with E-state index in [1.807, 2.05) is 60.7 Å². The van der Waals surface area contributed by atoms with E-state index >= 15 is 0 Å². The monoisotopic (exact) mass is 416 g/mol. The van der Waals surface area contributed by atoms with Crippen molar-refractivity contribution in [2.45, 2.75) is 50.8 Å². The number of hydrogen-bond acceptors (Lipinski definition) is 7. The molecule has 0 saturated carbocycles. The number of aliphatic hydroxyl groups is 1. The average Bonchev–Trinajstić information content (AvgIpc) is 2.75. The van der Waals surface area contributed by atoms with Crippen LogP contribution in [0, 0.1) is 0 Å². The zero-order valence-electron chi connectivity index (χ0n) is 17.2. The van der Waals surface area contributed by atoms with Crippen LogP contribution in [0.1, 0.15) is 18.1 Å². The summed E-state index contributed by atoms with van der Waals surface area (Å²) in [6.07, 6.45) is -4.28. The van der Waals surface area contributed by atoms with Crippen LogP contribution in [0.15, 0.2) is 60.7 Å². The number of methoxy groups -OCH3 is 1. The van der Waals surface area contributed by atoms with E-state index in [2.05, 4.69) is 0 Å². The minimum atomic E-state index is -1.25. The molecule has 5 atom stereocenters. The van der Waals surface area contributed by atoms with Crippen LogP contribution in [0.4, 0.5) is 0 Å². The van der Waals surface area contributed by atoms with Crippen LogP contribution < -0.4 is 0 Å². The van der Waals surface area contributed by atoms with Gasteiger partial charge in [0.2, 0.25) is 0 Å². The molecule has 1 fully saturated rings. The summed E-state index contributed by atoms with van der Waals surface area (Å²) in [5.74, 6) is -0.475. The Kier molecular flexibility index (Phi) is 8.36. The SMILES string of the molecule is CO[C@H]1[C@H](OC(C)=O)[C@@H](COCc2ccccc2)OC(O)[C@@H]1OCc1ccccc1. The topological polar surface area (TPSA) is 83.5 Å². The summed E-state index contributed by atoms with van der Waals surface area (Å²) in [6.45, 7) is 2.07. The van der Waals surface area contributed by atoms with Gasteiger partial charge in [-0.2, -0.15) is 0 Å². The molecule has 1 aliphatic heterocycles. The third-order valence-corrected chi connectivity index (χ3v) is 4.86. The number of ether oxygens (including phenoxy) is 5. The predicted molar refractivity (Wildman–Crippen MR) is 108 cm³/mol. The molecule has 3 rings (SSSR count). The number of esters is 1. The summed E-state index contributed by atoms with van der Waals surface area (Å²) < 4.78 is 28.4. The zero-order chi connectivity index (χ0) is 21.3. The van der Waals surface area contributed by atoms with Crippen LogP contribution in [0.5, 0.6) is 0 Å². The highest BCUT2D eigenvalue weighted by Gasteiger charge is 2.48. The van der Waals surface area contributed by atoms with Crippen molar-refractivity contribution in [1.29, 1.82) is 0 Å². The first-order chi connectivity index (χ1) is 14.6. The van der Waals surface area contributed by atoms with Crippen molar-refractivity contribution in [2.24, 2.45) is 0 Å². The van der Waals surface area contributed by atoms with Gasteiger partial charge < -0.3 is 28.8 Å². The number of carbonyl (C=O) groups is 1. The Balaban J connectivity index is 1.66. The summed E-state index contributed by atoms with van der Waals surface area (Å²) in [5, 5.41) is 10.6. The molecule has 1 heterocycles. The molecular formula is C23H28O7. The zero-order valence-corrected chi connectivity index (χ0v) is 17.2. The smallest absolute Gasteiger partial charge is 0.303 e. The molecule has 1 saturated heterocycles. The Morgan fingerprint density at radius 3 is 2.10 bits per heavy atom. The van der Waals surface area contributed by atoms with Gasteiger partial charge in [0, 0.05) is 14.0 Å². The summed E-state index contributed by atoms with van der Waals surface area (Å²) in [7, 11) is 1.49. The lowest BCUT2D eigenvalue weighted by Crippen LogP contribution is -2.61. The molecule has 7 nitrogen and oxygen atoms in total. The third kappa shape index (κ3) is 6.10. The van der Waals surface area contributed by atoms with Gasteiger partial charge in [0.15, 0.2) is 12.4 Å². The van der Waals surface area contributed by atoms with Gasteiger partial charge in [0.1, 0.15) is 18.3 Å². The first-order valence-electron chi connectivity index (χ1n) is 9.89. The summed E-state index contributed by atoms with van der Waals surface area (Å²) >= 11 is 0. The molecule has 0 amide bonds. The standard InChI is InChI=1S/C23H28O7/c1-16(24)29-20-19(15-27-13-17-9-5-3-6-10-17)30-23(25)22(21(20)26-2)28-14-18-11-7-4-8-12-18/h3-12,19-23,25H,13-15H2,1-2H3/t19-,20-,21+,22-,23?/m1/s1. The van der Waals surface area contributed by atoms with Crippen LogP contribution in [0.2, 0.25) is 0 Å². The van der Waals surface area contributed by atoms with Crippen LogP contribution in [-0.2, 0) is 41.7 Å². The van der Waals surface area contributed by atoms with Gasteiger partial charge in [0.05, 0.1) is 19.8 Å². The van der Waals surface area contributed by atoms with E-state index in [1.54, 1.807) is 0 Å². The van der Waals surface area contributed by atoms with Crippen molar-refractivity contribution in [2.75, 3.05) is 13.7 Å². The number of carbonyl (C=O) groups excluding carboxylic acids is 1. The highest BCUT2D eigenvalue weighted by Crippen LogP contribution is 2.28. The second-order valence-corrected chi connectivity index (χ2v) is 7.10. The first-order valence-corrected chi connectivity index (χ1v) is 9.89. The maximum atomic E-state index is 11.7. The fourth-order valence-electron chi connectivity index (χ4n) is 3.44. The molecule has 7 heteroatoms. The lowest BCUT2D eigenvalue weighted by Gasteiger charge is -2.43. The van der Waals surface area contributed by atoms with E-state index in [-0.39, 0.29) is 13.2 Å². The van der Waals surface area contributed by atoms with Gasteiger partial charge in [-0.15, -0.1) is 0 Å². The second kappa shape index (κ2) is 11.2. The molecule has 162 valence electrons. The van der Waals surface area contributed by atoms with Crippen LogP contribution in [-0.4, -0.2) is 55.5 Å². The lowest BCUT2D eigenvalue weighted by atomic mass is 9.98. The van der Waals surface area contributed by atoms with Gasteiger partial charge >= 0.3 is 5.97 Å². The molecule has 2 aromatic rings. The minimum Gasteiger partial charge on any atom is -0.457 e. The molecule has 30 heavy (non-hydrogen) atoms. The minimum absolute atomic E-state index is 0.120. The van der Waals surface area contributed by atoms with Crippen LogP contribution >= 0.6 is 0 Å². The van der Waals surface area contributed by atoms with Crippen molar-refractivity contribution in [3.8, 4) is 0 Å². The molecular weight excluding hydrogens is 388 g/mol. The molecule has 0 aromatic heterocycles. The van der Waals surface area contributed by atoms with E-state index in [4.69, 9.17) is 23.7 Å². The Bertz CT molecular complexity index is 768. The second-order valence-electron chi connectivity index (χ2n) is 7.10. The fraction of sp³-hybridized carbons (Fsp3) is 0.435. The normalized spacial score (nSPS) is 26.3. The Morgan fingerprint density at radius 1 is 0.933 bits per heavy atom. The predicted octanol–water partition coefficient (Wildman–Crippen LogP) is 2.45. The van der Waals surface area contributed by atoms with Gasteiger partial charge in [0.25, 0.3) is 0 Å². The number of benzene rings is 2. The number of aliphatic hydroxyl groups excluding tert-OH is 1. The molecule has 1 N–H and O–H groups in total. The Labute approximate surface area is 176 Å². The maximum absolute atomic E-state index is 11.7. The van der Waals surface area contributed by atoms with E-state index in [9.17, 15) is 9.90 Å². The summed E-state index contributed by atoms with van der Waals surface area (Å²) in [4.78, 5) is 11.7. The third-order valence-electron chi connectivity index (χ3n) is 4.86. The van der Waals surface area contributed by atoms with Crippen molar-refractivity contribution < 1.29 is 33.6 Å². The molecule has 0 spiro atoms. The van der Waals surface area contributed by atoms with Crippen LogP contribution in [0.3, 0.4) is 0 Å². The van der Waals surface area contributed by atoms with E-state index in [1.165, 1.54) is 14.0 Å². The fourth-order valence-corrected chi connectivity index (χ4v) is 3.44. The molecule has 2 aromatic carbocycles. The van der Waals surface area contributed by atoms with Gasteiger partial charge in [-0.3, -0.25) is 4.79 Å². The largest absolute Gasteiger partial charge is 0.457 e. The highest BCUT2D eigenvalue weighted by atomic mass is 16.7. The average molecular weight is 416 g/mol. The molecule has 0 bridgehead atoms. The van der Waals surface area contributed by atoms with Crippen molar-refractivity contribution >= 4 is 5.97 Å². The summed E-state index contributed by atoms with van der Waals surface area (Å²) in [6, 6.07) is 19.2. The number of rotatable bonds is 9. The van der Waals surface area contributed by atoms with Gasteiger partial charge in [-0.1, -0.05) is 60.7 Å². The van der Waals surface area contributed by atoms with Crippen molar-refractivity contribution in [3.05, 3.63) is 71.8 Å². The van der Waals surface area contributed by atoms with E-state index in [0.717, 1.165) is 11.1 Å². The van der Waals surface area contributed by atoms with E-state index < -0.39 is 36.7 Å². The van der Waals surface area contributed by atoms with Gasteiger partial charge in [-0.25, -0.2) is 0 Å². The highest BCUT2D eigenvalue weighted by molar-refractivity contribution is 5.66. The quantitative estimate of drug-likeness (QED) is 0.629. The molecule has 1 unspecified atom stereocenters. The lowest BCUT2D eigenvalue weighted by molar-refractivity contribution is -0.306. The maximum Gasteiger partial charge on any atom is 0.303 e. The molecule has 1 aliphatic rings. The van der Waals surface area contributed by atoms with Crippen molar-refractivity contribution in [1.82, 2.24) is 0 Å². The summed E-state index contributed by atoms with van der Waals surface area (Å²) in [5.41, 5.74) is 1.95. The Morgan fingerprint density at radius 2 is 1.53 bits per heavy atom. The number of hydrogen-bond donors (Lipinski definition) is 1. The Hall–Kier alpha value is -2.29. The molecule has 0 radical (unpaired) electrons. The van der Waals surface area contributed by atoms with Crippen LogP contribution in [0.25, 0.3) is 0 Å².